The van der Waals surface area contributed by atoms with E-state index in [1.54, 1.807) is 7.11 Å². The van der Waals surface area contributed by atoms with Crippen LogP contribution in [0.15, 0.2) is 18.2 Å². The maximum absolute atomic E-state index is 5.88. The molecule has 3 rings (SSSR count). The predicted molar refractivity (Wildman–Crippen MR) is 79.2 cm³/mol. The topological polar surface area (TPSA) is 47.7 Å². The van der Waals surface area contributed by atoms with Crippen molar-refractivity contribution in [2.24, 2.45) is 11.7 Å². The second-order valence-corrected chi connectivity index (χ2v) is 6.02. The Balaban J connectivity index is 1.79. The number of likely N-dealkylation sites (tertiary alicyclic amines) is 1. The molecule has 0 aromatic heterocycles. The van der Waals surface area contributed by atoms with Gasteiger partial charge in [0.1, 0.15) is 0 Å². The summed E-state index contributed by atoms with van der Waals surface area (Å²) < 4.78 is 11.4. The highest BCUT2D eigenvalue weighted by atomic mass is 16.5. The maximum atomic E-state index is 5.88. The van der Waals surface area contributed by atoms with E-state index in [9.17, 15) is 0 Å². The smallest absolute Gasteiger partial charge is 0.161 e. The number of nitrogens with zero attached hydrogens (tertiary/aromatic N) is 1. The van der Waals surface area contributed by atoms with E-state index in [0.717, 1.165) is 43.9 Å². The molecule has 1 saturated heterocycles. The molecule has 2 unspecified atom stereocenters. The molecule has 0 spiro atoms. The average molecular weight is 276 g/mol. The molecule has 1 aromatic rings. The molecule has 2 N–H and O–H groups in total. The first-order chi connectivity index (χ1) is 9.71. The highest BCUT2D eigenvalue weighted by Crippen LogP contribution is 2.39. The number of benzene rings is 1. The maximum Gasteiger partial charge on any atom is 0.161 e. The van der Waals surface area contributed by atoms with E-state index in [1.165, 1.54) is 5.56 Å². The minimum absolute atomic E-state index is 0.394. The molecule has 1 aliphatic heterocycles. The number of methoxy groups -OCH3 is 1. The third-order valence-corrected chi connectivity index (χ3v) is 4.36. The SMILES string of the molecule is COc1cc(C2CC(CN)CN2C)ccc1OC1CC1. The molecule has 20 heavy (non-hydrogen) atoms. The van der Waals surface area contributed by atoms with Crippen LogP contribution < -0.4 is 15.2 Å². The Labute approximate surface area is 120 Å². The highest BCUT2D eigenvalue weighted by molar-refractivity contribution is 5.44. The van der Waals surface area contributed by atoms with Gasteiger partial charge >= 0.3 is 0 Å². The van der Waals surface area contributed by atoms with Gasteiger partial charge in [0.15, 0.2) is 11.5 Å². The first-order valence-electron chi connectivity index (χ1n) is 7.46. The summed E-state index contributed by atoms with van der Waals surface area (Å²) in [6.07, 6.45) is 3.84. The van der Waals surface area contributed by atoms with Gasteiger partial charge in [-0.25, -0.2) is 0 Å². The molecule has 1 saturated carbocycles. The van der Waals surface area contributed by atoms with E-state index in [0.29, 0.717) is 18.1 Å². The molecule has 2 atom stereocenters. The highest BCUT2D eigenvalue weighted by Gasteiger charge is 2.30. The Morgan fingerprint density at radius 1 is 1.30 bits per heavy atom. The van der Waals surface area contributed by atoms with Crippen LogP contribution >= 0.6 is 0 Å². The second-order valence-electron chi connectivity index (χ2n) is 6.02. The largest absolute Gasteiger partial charge is 0.493 e. The lowest BCUT2D eigenvalue weighted by Gasteiger charge is -2.21. The van der Waals surface area contributed by atoms with E-state index < -0.39 is 0 Å². The van der Waals surface area contributed by atoms with Crippen molar-refractivity contribution in [1.82, 2.24) is 4.90 Å². The molecule has 1 heterocycles. The number of hydrogen-bond acceptors (Lipinski definition) is 4. The van der Waals surface area contributed by atoms with Crippen LogP contribution in [0.4, 0.5) is 0 Å². The van der Waals surface area contributed by atoms with Gasteiger partial charge in [-0.2, -0.15) is 0 Å². The van der Waals surface area contributed by atoms with Crippen LogP contribution in [0.1, 0.15) is 30.9 Å². The summed E-state index contributed by atoms with van der Waals surface area (Å²) in [5, 5.41) is 0. The quantitative estimate of drug-likeness (QED) is 0.895. The van der Waals surface area contributed by atoms with Crippen LogP contribution in [-0.2, 0) is 0 Å². The molecular weight excluding hydrogens is 252 g/mol. The van der Waals surface area contributed by atoms with Gasteiger partial charge < -0.3 is 15.2 Å². The zero-order valence-corrected chi connectivity index (χ0v) is 12.3. The summed E-state index contributed by atoms with van der Waals surface area (Å²) in [7, 11) is 3.88. The van der Waals surface area contributed by atoms with Gasteiger partial charge in [-0.05, 0) is 56.5 Å². The summed E-state index contributed by atoms with van der Waals surface area (Å²) in [4.78, 5) is 2.38. The van der Waals surface area contributed by atoms with Crippen LogP contribution in [0.5, 0.6) is 11.5 Å². The van der Waals surface area contributed by atoms with Crippen molar-refractivity contribution in [3.63, 3.8) is 0 Å². The van der Waals surface area contributed by atoms with Gasteiger partial charge in [0.2, 0.25) is 0 Å². The van der Waals surface area contributed by atoms with Crippen molar-refractivity contribution in [2.45, 2.75) is 31.4 Å². The average Bonchev–Trinajstić information content (AvgIpc) is 3.20. The zero-order chi connectivity index (χ0) is 14.1. The summed E-state index contributed by atoms with van der Waals surface area (Å²) in [6.45, 7) is 1.84. The molecule has 2 aliphatic rings. The fraction of sp³-hybridized carbons (Fsp3) is 0.625. The fourth-order valence-electron chi connectivity index (χ4n) is 3.02. The van der Waals surface area contributed by atoms with Crippen LogP contribution in [-0.4, -0.2) is 38.3 Å². The molecule has 1 aliphatic carbocycles. The van der Waals surface area contributed by atoms with Crippen molar-refractivity contribution in [3.8, 4) is 11.5 Å². The Morgan fingerprint density at radius 3 is 2.70 bits per heavy atom. The standard InChI is InChI=1S/C16H24N2O2/c1-18-10-11(9-17)7-14(18)12-3-6-15(16(8-12)19-2)20-13-4-5-13/h3,6,8,11,13-14H,4-5,7,9-10,17H2,1-2H3. The number of rotatable bonds is 5. The molecule has 110 valence electrons. The van der Waals surface area contributed by atoms with Crippen molar-refractivity contribution in [2.75, 3.05) is 27.2 Å². The molecule has 2 fully saturated rings. The molecule has 4 heteroatoms. The van der Waals surface area contributed by atoms with Crippen LogP contribution in [0.25, 0.3) is 0 Å². The lowest BCUT2D eigenvalue weighted by Crippen LogP contribution is -2.20. The van der Waals surface area contributed by atoms with Crippen LogP contribution in [0.3, 0.4) is 0 Å². The lowest BCUT2D eigenvalue weighted by atomic mass is 9.99. The van der Waals surface area contributed by atoms with E-state index >= 15 is 0 Å². The Morgan fingerprint density at radius 2 is 2.10 bits per heavy atom. The van der Waals surface area contributed by atoms with Crippen molar-refractivity contribution < 1.29 is 9.47 Å². The van der Waals surface area contributed by atoms with E-state index in [-0.39, 0.29) is 0 Å². The molecule has 4 nitrogen and oxygen atoms in total. The minimum Gasteiger partial charge on any atom is -0.493 e. The Kier molecular flexibility index (Phi) is 3.85. The molecule has 0 bridgehead atoms. The summed E-state index contributed by atoms with van der Waals surface area (Å²) in [5.41, 5.74) is 7.10. The summed E-state index contributed by atoms with van der Waals surface area (Å²) in [5.74, 6) is 2.31. The number of nitrogens with two attached hydrogens (primary N) is 1. The Bertz CT molecular complexity index is 474. The van der Waals surface area contributed by atoms with Gasteiger partial charge in [0.05, 0.1) is 13.2 Å². The minimum atomic E-state index is 0.394. The van der Waals surface area contributed by atoms with Gasteiger partial charge in [-0.1, -0.05) is 6.07 Å². The zero-order valence-electron chi connectivity index (χ0n) is 12.3. The molecule has 0 amide bonds. The first-order valence-corrected chi connectivity index (χ1v) is 7.46. The predicted octanol–water partition coefficient (Wildman–Crippen LogP) is 2.19. The third-order valence-electron chi connectivity index (χ3n) is 4.36. The van der Waals surface area contributed by atoms with E-state index in [1.807, 2.05) is 0 Å². The molecular formula is C16H24N2O2. The Hall–Kier alpha value is -1.26. The normalized spacial score (nSPS) is 26.8. The monoisotopic (exact) mass is 276 g/mol. The van der Waals surface area contributed by atoms with E-state index in [2.05, 4.69) is 30.1 Å². The number of ether oxygens (including phenoxy) is 2. The summed E-state index contributed by atoms with van der Waals surface area (Å²) in [6, 6.07) is 6.78. The van der Waals surface area contributed by atoms with Crippen molar-refractivity contribution in [1.29, 1.82) is 0 Å². The van der Waals surface area contributed by atoms with Gasteiger partial charge in [-0.3, -0.25) is 4.90 Å². The second kappa shape index (κ2) is 5.62. The lowest BCUT2D eigenvalue weighted by molar-refractivity contribution is 0.280. The van der Waals surface area contributed by atoms with E-state index in [4.69, 9.17) is 15.2 Å². The molecule has 1 aromatic carbocycles. The molecule has 0 radical (unpaired) electrons. The number of hydrogen-bond donors (Lipinski definition) is 1. The van der Waals surface area contributed by atoms with Crippen molar-refractivity contribution >= 4 is 0 Å². The van der Waals surface area contributed by atoms with Gasteiger partial charge in [0, 0.05) is 12.6 Å². The van der Waals surface area contributed by atoms with Crippen LogP contribution in [0.2, 0.25) is 0 Å². The third kappa shape index (κ3) is 2.76. The fourth-order valence-corrected chi connectivity index (χ4v) is 3.02. The van der Waals surface area contributed by atoms with Crippen LogP contribution in [0, 0.1) is 5.92 Å². The van der Waals surface area contributed by atoms with Gasteiger partial charge in [-0.15, -0.1) is 0 Å². The first kappa shape index (κ1) is 13.7. The summed E-state index contributed by atoms with van der Waals surface area (Å²) >= 11 is 0. The van der Waals surface area contributed by atoms with Gasteiger partial charge in [0.25, 0.3) is 0 Å². The van der Waals surface area contributed by atoms with Crippen molar-refractivity contribution in [3.05, 3.63) is 23.8 Å².